The lowest BCUT2D eigenvalue weighted by molar-refractivity contribution is -0.137. The van der Waals surface area contributed by atoms with Gasteiger partial charge in [-0.05, 0) is 51.3 Å². The van der Waals surface area contributed by atoms with Crippen molar-refractivity contribution in [1.82, 2.24) is 14.7 Å². The molecule has 0 aliphatic carbocycles. The number of aromatic carboxylic acids is 1. The Morgan fingerprint density at radius 3 is 2.48 bits per heavy atom. The topological polar surface area (TPSA) is 75.4 Å². The monoisotopic (exact) mass is 389 g/mol. The minimum absolute atomic E-state index is 0.0756. The van der Waals surface area contributed by atoms with Gasteiger partial charge in [0.05, 0.1) is 23.3 Å². The number of likely N-dealkylation sites (tertiary alicyclic amines) is 1. The summed E-state index contributed by atoms with van der Waals surface area (Å²) in [7, 11) is 0. The van der Waals surface area contributed by atoms with Gasteiger partial charge in [-0.25, -0.2) is 4.79 Å². The van der Waals surface area contributed by atoms with Crippen molar-refractivity contribution >= 4 is 23.5 Å². The van der Waals surface area contributed by atoms with Crippen LogP contribution in [0.25, 0.3) is 0 Å². The number of hydrogen-bond donors (Lipinski definition) is 1. The van der Waals surface area contributed by atoms with Crippen LogP contribution in [-0.4, -0.2) is 44.8 Å². The fourth-order valence-electron chi connectivity index (χ4n) is 3.71. The number of carbonyl (C=O) groups is 2. The van der Waals surface area contributed by atoms with Gasteiger partial charge < -0.3 is 10.0 Å². The third-order valence-corrected chi connectivity index (χ3v) is 5.69. The van der Waals surface area contributed by atoms with Crippen LogP contribution in [0.15, 0.2) is 30.5 Å². The van der Waals surface area contributed by atoms with Crippen molar-refractivity contribution in [3.63, 3.8) is 0 Å². The first-order chi connectivity index (χ1) is 12.7. The van der Waals surface area contributed by atoms with E-state index in [1.807, 2.05) is 36.9 Å². The van der Waals surface area contributed by atoms with E-state index in [2.05, 4.69) is 5.10 Å². The zero-order valence-corrected chi connectivity index (χ0v) is 16.5. The van der Waals surface area contributed by atoms with Crippen molar-refractivity contribution in [3.8, 4) is 0 Å². The molecule has 2 heterocycles. The molecule has 0 unspecified atom stereocenters. The Morgan fingerprint density at radius 2 is 1.93 bits per heavy atom. The number of aromatic nitrogens is 2. The third-order valence-electron chi connectivity index (χ3n) is 5.45. The summed E-state index contributed by atoms with van der Waals surface area (Å²) in [6.45, 7) is 6.86. The largest absolute Gasteiger partial charge is 0.478 e. The van der Waals surface area contributed by atoms with Crippen LogP contribution in [0.2, 0.25) is 5.02 Å². The van der Waals surface area contributed by atoms with Gasteiger partial charge in [0, 0.05) is 18.1 Å². The maximum Gasteiger partial charge on any atom is 0.339 e. The van der Waals surface area contributed by atoms with E-state index in [4.69, 9.17) is 11.6 Å². The molecule has 27 heavy (non-hydrogen) atoms. The number of hydrogen-bond acceptors (Lipinski definition) is 3. The molecule has 1 aliphatic heterocycles. The van der Waals surface area contributed by atoms with Gasteiger partial charge in [0.2, 0.25) is 5.91 Å². The molecule has 0 spiro atoms. The minimum Gasteiger partial charge on any atom is -0.478 e. The van der Waals surface area contributed by atoms with E-state index in [0.29, 0.717) is 23.8 Å². The zero-order valence-electron chi connectivity index (χ0n) is 15.8. The normalized spacial score (nSPS) is 15.8. The molecule has 1 fully saturated rings. The fraction of sp³-hybridized carbons (Fsp3) is 0.450. The zero-order chi connectivity index (χ0) is 19.8. The predicted octanol–water partition coefficient (Wildman–Crippen LogP) is 3.68. The summed E-state index contributed by atoms with van der Waals surface area (Å²) in [6, 6.07) is 7.54. The van der Waals surface area contributed by atoms with E-state index in [1.165, 1.54) is 6.20 Å². The highest BCUT2D eigenvalue weighted by molar-refractivity contribution is 6.30. The second-order valence-corrected chi connectivity index (χ2v) is 7.99. The summed E-state index contributed by atoms with van der Waals surface area (Å²) in [5.41, 5.74) is 1.13. The number of halogens is 1. The van der Waals surface area contributed by atoms with Crippen LogP contribution in [0.1, 0.15) is 54.3 Å². The minimum atomic E-state index is -0.963. The number of carboxylic acid groups (broad SMARTS) is 1. The Balaban J connectivity index is 1.70. The lowest BCUT2D eigenvalue weighted by Crippen LogP contribution is -2.47. The first-order valence-electron chi connectivity index (χ1n) is 9.04. The molecule has 1 aromatic heterocycles. The first-order valence-corrected chi connectivity index (χ1v) is 9.42. The van der Waals surface area contributed by atoms with E-state index in [9.17, 15) is 14.7 Å². The molecule has 1 aliphatic rings. The lowest BCUT2D eigenvalue weighted by Gasteiger charge is -2.37. The van der Waals surface area contributed by atoms with Gasteiger partial charge in [-0.2, -0.15) is 5.10 Å². The highest BCUT2D eigenvalue weighted by atomic mass is 35.5. The highest BCUT2D eigenvalue weighted by Crippen LogP contribution is 2.31. The van der Waals surface area contributed by atoms with Crippen molar-refractivity contribution in [2.24, 2.45) is 0 Å². The number of amides is 1. The molecule has 1 N–H and O–H groups in total. The summed E-state index contributed by atoms with van der Waals surface area (Å²) in [6.07, 6.45) is 2.90. The Bertz CT molecular complexity index is 867. The number of carbonyl (C=O) groups excluding carboxylic acids is 1. The Labute approximate surface area is 163 Å². The summed E-state index contributed by atoms with van der Waals surface area (Å²) in [5, 5.41) is 14.1. The van der Waals surface area contributed by atoms with Gasteiger partial charge in [-0.1, -0.05) is 23.7 Å². The van der Waals surface area contributed by atoms with Gasteiger partial charge in [-0.15, -0.1) is 0 Å². The number of benzene rings is 1. The Morgan fingerprint density at radius 1 is 1.26 bits per heavy atom. The van der Waals surface area contributed by atoms with Crippen LogP contribution in [0.4, 0.5) is 0 Å². The lowest BCUT2D eigenvalue weighted by atomic mass is 9.82. The van der Waals surface area contributed by atoms with E-state index >= 15 is 0 Å². The van der Waals surface area contributed by atoms with Gasteiger partial charge >= 0.3 is 5.97 Å². The molecule has 7 heteroatoms. The molecular weight excluding hydrogens is 366 g/mol. The Hall–Kier alpha value is -2.34. The van der Waals surface area contributed by atoms with Gasteiger partial charge in [0.1, 0.15) is 5.56 Å². The number of nitrogens with zero attached hydrogens (tertiary/aromatic N) is 3. The maximum absolute atomic E-state index is 13.1. The SMILES string of the molecule is Cc1c(C(=O)O)cnn1C1CCN(C(=O)C(C)(C)c2cccc(Cl)c2)CC1. The van der Waals surface area contributed by atoms with Gasteiger partial charge in [0.25, 0.3) is 0 Å². The summed E-state index contributed by atoms with van der Waals surface area (Å²) in [5.74, 6) is -0.888. The standard InChI is InChI=1S/C20H24ClN3O3/c1-13-17(18(25)26)12-22-24(13)16-7-9-23(10-8-16)19(27)20(2,3)14-5-4-6-15(21)11-14/h4-6,11-12,16H,7-10H2,1-3H3,(H,25,26). The van der Waals surface area contributed by atoms with Crippen LogP contribution in [0.5, 0.6) is 0 Å². The average molecular weight is 390 g/mol. The molecule has 0 atom stereocenters. The third kappa shape index (κ3) is 3.72. The van der Waals surface area contributed by atoms with Crippen LogP contribution < -0.4 is 0 Å². The Kier molecular flexibility index (Phi) is 5.29. The van der Waals surface area contributed by atoms with Crippen molar-refractivity contribution in [3.05, 3.63) is 52.3 Å². The maximum atomic E-state index is 13.1. The van der Waals surface area contributed by atoms with Crippen molar-refractivity contribution in [1.29, 1.82) is 0 Å². The molecule has 144 valence electrons. The molecule has 3 rings (SSSR count). The van der Waals surface area contributed by atoms with Crippen LogP contribution >= 0.6 is 11.6 Å². The molecule has 6 nitrogen and oxygen atoms in total. The summed E-state index contributed by atoms with van der Waals surface area (Å²) >= 11 is 6.09. The molecular formula is C20H24ClN3O3. The van der Waals surface area contributed by atoms with Gasteiger partial charge in [-0.3, -0.25) is 9.48 Å². The number of rotatable bonds is 4. The van der Waals surface area contributed by atoms with E-state index in [0.717, 1.165) is 18.4 Å². The smallest absolute Gasteiger partial charge is 0.339 e. The number of piperidine rings is 1. The van der Waals surface area contributed by atoms with E-state index in [1.54, 1.807) is 17.7 Å². The van der Waals surface area contributed by atoms with Crippen molar-refractivity contribution < 1.29 is 14.7 Å². The quantitative estimate of drug-likeness (QED) is 0.865. The van der Waals surface area contributed by atoms with Crippen molar-refractivity contribution in [2.45, 2.75) is 45.1 Å². The second-order valence-electron chi connectivity index (χ2n) is 7.55. The van der Waals surface area contributed by atoms with Crippen LogP contribution in [0.3, 0.4) is 0 Å². The van der Waals surface area contributed by atoms with Crippen molar-refractivity contribution in [2.75, 3.05) is 13.1 Å². The molecule has 1 saturated heterocycles. The van der Waals surface area contributed by atoms with Gasteiger partial charge in [0.15, 0.2) is 0 Å². The van der Waals surface area contributed by atoms with E-state index in [-0.39, 0.29) is 17.5 Å². The first kappa shape index (κ1) is 19.4. The molecule has 0 bridgehead atoms. The van der Waals surface area contributed by atoms with Crippen LogP contribution in [-0.2, 0) is 10.2 Å². The summed E-state index contributed by atoms with van der Waals surface area (Å²) in [4.78, 5) is 26.2. The molecule has 0 radical (unpaired) electrons. The summed E-state index contributed by atoms with van der Waals surface area (Å²) < 4.78 is 1.79. The highest BCUT2D eigenvalue weighted by Gasteiger charge is 2.36. The molecule has 2 aromatic rings. The average Bonchev–Trinajstić information content (AvgIpc) is 3.03. The number of carboxylic acids is 1. The fourth-order valence-corrected chi connectivity index (χ4v) is 3.90. The molecule has 1 aromatic carbocycles. The second kappa shape index (κ2) is 7.35. The molecule has 0 saturated carbocycles. The predicted molar refractivity (Wildman–Crippen MR) is 103 cm³/mol. The molecule has 1 amide bonds. The van der Waals surface area contributed by atoms with Crippen LogP contribution in [0, 0.1) is 6.92 Å². The van der Waals surface area contributed by atoms with E-state index < -0.39 is 11.4 Å².